The minimum Gasteiger partial charge on any atom is -0.496 e. The number of rotatable bonds is 5. The lowest BCUT2D eigenvalue weighted by atomic mass is 9.97. The molecule has 1 fully saturated rings. The lowest BCUT2D eigenvalue weighted by molar-refractivity contribution is 0.0744. The molecule has 1 saturated heterocycles. The Morgan fingerprint density at radius 3 is 2.58 bits per heavy atom. The second-order valence-electron chi connectivity index (χ2n) is 10.3. The van der Waals surface area contributed by atoms with Crippen LogP contribution in [-0.4, -0.2) is 69.1 Å². The van der Waals surface area contributed by atoms with Gasteiger partial charge in [-0.1, -0.05) is 26.0 Å². The summed E-state index contributed by atoms with van der Waals surface area (Å²) in [7, 11) is 1.60. The highest BCUT2D eigenvalue weighted by Gasteiger charge is 2.26. The molecule has 0 N–H and O–H groups in total. The van der Waals surface area contributed by atoms with Gasteiger partial charge in [-0.2, -0.15) is 4.98 Å². The molecule has 0 saturated carbocycles. The van der Waals surface area contributed by atoms with Crippen molar-refractivity contribution in [2.45, 2.75) is 34.2 Å². The van der Waals surface area contributed by atoms with Gasteiger partial charge in [0.2, 0.25) is 5.65 Å². The van der Waals surface area contributed by atoms with Crippen LogP contribution in [0.1, 0.15) is 36.8 Å². The van der Waals surface area contributed by atoms with Gasteiger partial charge in [-0.25, -0.2) is 4.98 Å². The standard InChI is InChI=1S/C26H31N7O3/c1-17-6-9-21-23(27-17)28-25(36-21)32-12-10-31(11-13-32)24(34)18-7-8-19(22(14-18)35-5)20-15-33(30-29-20)16-26(2,3)4/h6-9,14-15H,10-13,16H2,1-5H3. The second kappa shape index (κ2) is 9.25. The summed E-state index contributed by atoms with van der Waals surface area (Å²) in [5, 5.41) is 8.56. The van der Waals surface area contributed by atoms with Crippen LogP contribution < -0.4 is 9.64 Å². The van der Waals surface area contributed by atoms with Crippen LogP contribution in [0.2, 0.25) is 0 Å². The number of fused-ring (bicyclic) bond motifs is 1. The summed E-state index contributed by atoms with van der Waals surface area (Å²) < 4.78 is 13.3. The maximum absolute atomic E-state index is 13.3. The summed E-state index contributed by atoms with van der Waals surface area (Å²) in [5.41, 5.74) is 4.35. The number of carbonyl (C=O) groups excluding carboxylic acids is 1. The zero-order valence-electron chi connectivity index (χ0n) is 21.4. The van der Waals surface area contributed by atoms with E-state index >= 15 is 0 Å². The van der Waals surface area contributed by atoms with E-state index in [1.54, 1.807) is 13.2 Å². The minimum absolute atomic E-state index is 0.0363. The number of oxazole rings is 1. The van der Waals surface area contributed by atoms with Gasteiger partial charge in [0.1, 0.15) is 11.4 Å². The number of amides is 1. The Kier molecular flexibility index (Phi) is 6.11. The van der Waals surface area contributed by atoms with Crippen LogP contribution in [0.5, 0.6) is 5.75 Å². The van der Waals surface area contributed by atoms with Crippen LogP contribution in [0.15, 0.2) is 40.9 Å². The van der Waals surface area contributed by atoms with E-state index in [0.29, 0.717) is 60.4 Å². The van der Waals surface area contributed by atoms with Crippen molar-refractivity contribution in [3.05, 3.63) is 47.8 Å². The van der Waals surface area contributed by atoms with Crippen molar-refractivity contribution in [3.63, 3.8) is 0 Å². The quantitative estimate of drug-likeness (QED) is 0.417. The third kappa shape index (κ3) is 4.89. The van der Waals surface area contributed by atoms with Crippen LogP contribution in [-0.2, 0) is 6.54 Å². The molecule has 0 bridgehead atoms. The first-order valence-electron chi connectivity index (χ1n) is 12.1. The van der Waals surface area contributed by atoms with E-state index < -0.39 is 0 Å². The summed E-state index contributed by atoms with van der Waals surface area (Å²) in [6.45, 7) is 11.5. The van der Waals surface area contributed by atoms with Gasteiger partial charge in [-0.15, -0.1) is 5.10 Å². The molecule has 5 rings (SSSR count). The predicted octanol–water partition coefficient (Wildman–Crippen LogP) is 3.81. The van der Waals surface area contributed by atoms with E-state index in [4.69, 9.17) is 9.15 Å². The highest BCUT2D eigenvalue weighted by molar-refractivity contribution is 5.95. The third-order valence-corrected chi connectivity index (χ3v) is 6.12. The van der Waals surface area contributed by atoms with Gasteiger partial charge < -0.3 is 19.0 Å². The van der Waals surface area contributed by atoms with Gasteiger partial charge in [-0.3, -0.25) is 9.48 Å². The second-order valence-corrected chi connectivity index (χ2v) is 10.3. The molecule has 10 heteroatoms. The highest BCUT2D eigenvalue weighted by Crippen LogP contribution is 2.31. The average Bonchev–Trinajstić information content (AvgIpc) is 3.48. The first-order valence-corrected chi connectivity index (χ1v) is 12.1. The molecule has 10 nitrogen and oxygen atoms in total. The number of aromatic nitrogens is 5. The molecule has 0 aliphatic carbocycles. The molecule has 4 heterocycles. The van der Waals surface area contributed by atoms with E-state index in [1.165, 1.54) is 0 Å². The number of aryl methyl sites for hydroxylation is 1. The molecule has 0 radical (unpaired) electrons. The van der Waals surface area contributed by atoms with Crippen molar-refractivity contribution in [3.8, 4) is 17.0 Å². The Hall–Kier alpha value is -3.95. The number of hydrogen-bond acceptors (Lipinski definition) is 8. The lowest BCUT2D eigenvalue weighted by Crippen LogP contribution is -2.48. The van der Waals surface area contributed by atoms with Crippen molar-refractivity contribution in [2.75, 3.05) is 38.2 Å². The molecule has 1 aliphatic rings. The Balaban J connectivity index is 1.27. The fourth-order valence-electron chi connectivity index (χ4n) is 4.34. The number of ether oxygens (including phenoxy) is 1. The molecular formula is C26H31N7O3. The average molecular weight is 490 g/mol. The predicted molar refractivity (Wildman–Crippen MR) is 136 cm³/mol. The summed E-state index contributed by atoms with van der Waals surface area (Å²) in [4.78, 5) is 26.1. The van der Waals surface area contributed by atoms with Crippen LogP contribution in [0.25, 0.3) is 22.5 Å². The molecule has 0 spiro atoms. The van der Waals surface area contributed by atoms with Crippen molar-refractivity contribution in [2.24, 2.45) is 5.41 Å². The molecule has 0 atom stereocenters. The number of anilines is 1. The number of piperazine rings is 1. The number of carbonyl (C=O) groups is 1. The van der Waals surface area contributed by atoms with Crippen molar-refractivity contribution in [1.82, 2.24) is 29.9 Å². The molecular weight excluding hydrogens is 458 g/mol. The van der Waals surface area contributed by atoms with Crippen LogP contribution in [0.3, 0.4) is 0 Å². The summed E-state index contributed by atoms with van der Waals surface area (Å²) >= 11 is 0. The van der Waals surface area contributed by atoms with Gasteiger partial charge >= 0.3 is 0 Å². The first kappa shape index (κ1) is 23.8. The van der Waals surface area contributed by atoms with Crippen molar-refractivity contribution < 1.29 is 13.9 Å². The maximum Gasteiger partial charge on any atom is 0.300 e. The third-order valence-electron chi connectivity index (χ3n) is 6.12. The molecule has 188 valence electrons. The summed E-state index contributed by atoms with van der Waals surface area (Å²) in [6.07, 6.45) is 1.91. The normalized spacial score (nSPS) is 14.5. The summed E-state index contributed by atoms with van der Waals surface area (Å²) in [6, 6.07) is 9.81. The van der Waals surface area contributed by atoms with Gasteiger partial charge in [0.15, 0.2) is 5.58 Å². The Bertz CT molecular complexity index is 1390. The highest BCUT2D eigenvalue weighted by atomic mass is 16.5. The number of nitrogens with zero attached hydrogens (tertiary/aromatic N) is 7. The zero-order chi connectivity index (χ0) is 25.4. The van der Waals surface area contributed by atoms with Crippen LogP contribution >= 0.6 is 0 Å². The van der Waals surface area contributed by atoms with Crippen LogP contribution in [0, 0.1) is 12.3 Å². The smallest absolute Gasteiger partial charge is 0.300 e. The number of benzene rings is 1. The molecule has 1 amide bonds. The molecule has 0 unspecified atom stereocenters. The lowest BCUT2D eigenvalue weighted by Gasteiger charge is -2.33. The zero-order valence-corrected chi connectivity index (χ0v) is 21.4. The molecule has 36 heavy (non-hydrogen) atoms. The molecule has 1 aromatic carbocycles. The van der Waals surface area contributed by atoms with Crippen molar-refractivity contribution in [1.29, 1.82) is 0 Å². The van der Waals surface area contributed by atoms with Gasteiger partial charge in [0.05, 0.1) is 13.3 Å². The van der Waals surface area contributed by atoms with E-state index in [0.717, 1.165) is 17.8 Å². The largest absolute Gasteiger partial charge is 0.496 e. The van der Waals surface area contributed by atoms with Crippen molar-refractivity contribution >= 4 is 23.2 Å². The molecule has 4 aromatic rings. The number of pyridine rings is 1. The van der Waals surface area contributed by atoms with Gasteiger partial charge in [-0.05, 0) is 42.7 Å². The van der Waals surface area contributed by atoms with E-state index in [9.17, 15) is 4.79 Å². The Morgan fingerprint density at radius 2 is 1.86 bits per heavy atom. The van der Waals surface area contributed by atoms with Gasteiger partial charge in [0.25, 0.3) is 11.9 Å². The molecule has 1 aliphatic heterocycles. The van der Waals surface area contributed by atoms with Crippen LogP contribution in [0.4, 0.5) is 6.01 Å². The SMILES string of the molecule is COc1cc(C(=O)N2CCN(c3nc4nc(C)ccc4o3)CC2)ccc1-c1cn(CC(C)(C)C)nn1. The van der Waals surface area contributed by atoms with E-state index in [2.05, 4.69) is 41.1 Å². The number of hydrogen-bond donors (Lipinski definition) is 0. The minimum atomic E-state index is -0.0363. The Labute approximate surface area is 209 Å². The van der Waals surface area contributed by atoms with E-state index in [1.807, 2.05) is 51.9 Å². The topological polar surface area (TPSA) is 102 Å². The fourth-order valence-corrected chi connectivity index (χ4v) is 4.34. The van der Waals surface area contributed by atoms with E-state index in [-0.39, 0.29) is 11.3 Å². The first-order chi connectivity index (χ1) is 17.2. The summed E-state index contributed by atoms with van der Waals surface area (Å²) in [5.74, 6) is 0.558. The monoisotopic (exact) mass is 489 g/mol. The maximum atomic E-state index is 13.3. The Morgan fingerprint density at radius 1 is 1.08 bits per heavy atom. The fraction of sp³-hybridized carbons (Fsp3) is 0.423. The number of methoxy groups -OCH3 is 1. The van der Waals surface area contributed by atoms with Gasteiger partial charge in [0, 0.05) is 49.5 Å². The molecule has 3 aromatic heterocycles.